The van der Waals surface area contributed by atoms with Crippen molar-refractivity contribution in [3.63, 3.8) is 0 Å². The lowest BCUT2D eigenvalue weighted by molar-refractivity contribution is 1.68. The largest absolute Gasteiger partial charge is 0.0827 e. The maximum absolute atomic E-state index is 5.91. The van der Waals surface area contributed by atoms with Gasteiger partial charge in [-0.1, -0.05) is 54.1 Å². The smallest absolute Gasteiger partial charge is 0.0776 e. The molecule has 66 valence electrons. The first-order valence-corrected chi connectivity index (χ1v) is 8.12. The van der Waals surface area contributed by atoms with Crippen LogP contribution in [0.4, 0.5) is 0 Å². The second kappa shape index (κ2) is 3.41. The Morgan fingerprint density at radius 2 is 1.58 bits per heavy atom. The molecule has 0 unspecified atom stereocenters. The molecule has 1 aromatic carbocycles. The number of benzene rings is 1. The minimum atomic E-state index is -1.23. The van der Waals surface area contributed by atoms with Crippen molar-refractivity contribution in [2.45, 2.75) is 19.6 Å². The zero-order valence-corrected chi connectivity index (χ0v) is 10.00. The van der Waals surface area contributed by atoms with Crippen molar-refractivity contribution >= 4 is 36.5 Å². The van der Waals surface area contributed by atoms with Gasteiger partial charge >= 0.3 is 0 Å². The topological polar surface area (TPSA) is 0 Å². The van der Waals surface area contributed by atoms with Crippen LogP contribution in [-0.2, 0) is 0 Å². The average molecular weight is 219 g/mol. The Hall–Kier alpha value is 0.0169. The van der Waals surface area contributed by atoms with Crippen molar-refractivity contribution in [3.8, 4) is 0 Å². The molecule has 1 rings (SSSR count). The van der Waals surface area contributed by atoms with E-state index in [0.29, 0.717) is 10.0 Å². The number of hydrogen-bond acceptors (Lipinski definition) is 0. The fraction of sp³-hybridized carbons (Fsp3) is 0.333. The first kappa shape index (κ1) is 10.1. The summed E-state index contributed by atoms with van der Waals surface area (Å²) in [5, 5.41) is 2.65. The summed E-state index contributed by atoms with van der Waals surface area (Å²) in [5.41, 5.74) is 0. The number of rotatable bonds is 1. The van der Waals surface area contributed by atoms with Gasteiger partial charge in [-0.05, 0) is 12.1 Å². The fourth-order valence-corrected chi connectivity index (χ4v) is 2.51. The first-order chi connectivity index (χ1) is 5.41. The molecule has 0 nitrogen and oxygen atoms in total. The van der Waals surface area contributed by atoms with Crippen LogP contribution in [0.5, 0.6) is 0 Å². The summed E-state index contributed by atoms with van der Waals surface area (Å²) in [6.07, 6.45) is 0. The molecule has 0 aromatic heterocycles. The van der Waals surface area contributed by atoms with E-state index in [0.717, 1.165) is 0 Å². The van der Waals surface area contributed by atoms with Gasteiger partial charge in [-0.15, -0.1) is 0 Å². The van der Waals surface area contributed by atoms with Crippen LogP contribution in [-0.4, -0.2) is 8.07 Å². The van der Waals surface area contributed by atoms with Crippen LogP contribution in [0.25, 0.3) is 0 Å². The Bertz CT molecular complexity index is 289. The quantitative estimate of drug-likeness (QED) is 0.634. The van der Waals surface area contributed by atoms with E-state index in [9.17, 15) is 0 Å². The van der Waals surface area contributed by atoms with Gasteiger partial charge in [0.15, 0.2) is 0 Å². The lowest BCUT2D eigenvalue weighted by Gasteiger charge is -2.16. The van der Waals surface area contributed by atoms with E-state index in [2.05, 4.69) is 25.7 Å². The van der Waals surface area contributed by atoms with E-state index in [1.165, 1.54) is 5.19 Å². The summed E-state index contributed by atoms with van der Waals surface area (Å²) in [6.45, 7) is 6.85. The van der Waals surface area contributed by atoms with Crippen molar-refractivity contribution < 1.29 is 0 Å². The van der Waals surface area contributed by atoms with E-state index in [1.807, 2.05) is 12.1 Å². The third kappa shape index (κ3) is 2.25. The third-order valence-electron chi connectivity index (χ3n) is 1.79. The third-order valence-corrected chi connectivity index (χ3v) is 4.57. The van der Waals surface area contributed by atoms with Crippen molar-refractivity contribution in [1.82, 2.24) is 0 Å². The van der Waals surface area contributed by atoms with Crippen LogP contribution < -0.4 is 5.19 Å². The molecular weight excluding hydrogens is 207 g/mol. The molecule has 0 aliphatic carbocycles. The predicted octanol–water partition coefficient (Wildman–Crippen LogP) is 3.54. The summed E-state index contributed by atoms with van der Waals surface area (Å²) < 4.78 is 0. The summed E-state index contributed by atoms with van der Waals surface area (Å²) in [6, 6.07) is 5.92. The molecule has 0 spiro atoms. The van der Waals surface area contributed by atoms with Crippen LogP contribution in [0.2, 0.25) is 29.7 Å². The van der Waals surface area contributed by atoms with Crippen molar-refractivity contribution in [2.75, 3.05) is 0 Å². The highest BCUT2D eigenvalue weighted by Gasteiger charge is 2.16. The van der Waals surface area contributed by atoms with Crippen LogP contribution in [0.15, 0.2) is 18.2 Å². The van der Waals surface area contributed by atoms with E-state index in [4.69, 9.17) is 23.2 Å². The van der Waals surface area contributed by atoms with E-state index in [-0.39, 0.29) is 0 Å². The Morgan fingerprint density at radius 3 is 2.00 bits per heavy atom. The van der Waals surface area contributed by atoms with Gasteiger partial charge in [0.2, 0.25) is 0 Å². The van der Waals surface area contributed by atoms with Gasteiger partial charge in [-0.3, -0.25) is 0 Å². The van der Waals surface area contributed by atoms with Crippen LogP contribution in [0.3, 0.4) is 0 Å². The lowest BCUT2D eigenvalue weighted by atomic mass is 10.4. The fourth-order valence-electron chi connectivity index (χ4n) is 0.963. The standard InChI is InChI=1S/C9H12Cl2Si/c1-12(2,3)7-4-5-8(10)9(11)6-7/h4-6H,1-3H3. The monoisotopic (exact) mass is 218 g/mol. The molecule has 0 radical (unpaired) electrons. The second-order valence-electron chi connectivity index (χ2n) is 3.88. The van der Waals surface area contributed by atoms with Gasteiger partial charge in [0.1, 0.15) is 0 Å². The van der Waals surface area contributed by atoms with E-state index in [1.54, 1.807) is 0 Å². The molecule has 0 atom stereocenters. The molecule has 0 aliphatic rings. The Morgan fingerprint density at radius 1 is 1.00 bits per heavy atom. The molecule has 0 bridgehead atoms. The summed E-state index contributed by atoms with van der Waals surface area (Å²) in [5.74, 6) is 0. The molecule has 0 heterocycles. The van der Waals surface area contributed by atoms with Gasteiger partial charge in [0, 0.05) is 0 Å². The van der Waals surface area contributed by atoms with Gasteiger partial charge in [0.25, 0.3) is 0 Å². The highest BCUT2D eigenvalue weighted by Crippen LogP contribution is 2.20. The van der Waals surface area contributed by atoms with Gasteiger partial charge in [-0.25, -0.2) is 0 Å². The molecule has 0 N–H and O–H groups in total. The van der Waals surface area contributed by atoms with Crippen LogP contribution in [0.1, 0.15) is 0 Å². The van der Waals surface area contributed by atoms with Gasteiger partial charge < -0.3 is 0 Å². The second-order valence-corrected chi connectivity index (χ2v) is 9.77. The minimum absolute atomic E-state index is 0.638. The molecule has 3 heteroatoms. The normalized spacial score (nSPS) is 11.8. The zero-order chi connectivity index (χ0) is 9.35. The minimum Gasteiger partial charge on any atom is -0.0827 e. The maximum atomic E-state index is 5.91. The van der Waals surface area contributed by atoms with Gasteiger partial charge in [0.05, 0.1) is 18.1 Å². The van der Waals surface area contributed by atoms with Crippen molar-refractivity contribution in [1.29, 1.82) is 0 Å². The number of halogens is 2. The van der Waals surface area contributed by atoms with Crippen LogP contribution >= 0.6 is 23.2 Å². The number of hydrogen-bond donors (Lipinski definition) is 0. The molecule has 12 heavy (non-hydrogen) atoms. The summed E-state index contributed by atoms with van der Waals surface area (Å²) >= 11 is 11.7. The molecular formula is C9H12Cl2Si. The summed E-state index contributed by atoms with van der Waals surface area (Å²) in [4.78, 5) is 0. The predicted molar refractivity (Wildman–Crippen MR) is 59.4 cm³/mol. The lowest BCUT2D eigenvalue weighted by Crippen LogP contribution is -2.37. The molecule has 0 aliphatic heterocycles. The van der Waals surface area contributed by atoms with E-state index >= 15 is 0 Å². The van der Waals surface area contributed by atoms with Crippen molar-refractivity contribution in [2.24, 2.45) is 0 Å². The molecule has 0 saturated carbocycles. The average Bonchev–Trinajstić information content (AvgIpc) is 1.92. The molecule has 1 aromatic rings. The zero-order valence-electron chi connectivity index (χ0n) is 7.49. The molecule has 0 fully saturated rings. The van der Waals surface area contributed by atoms with E-state index < -0.39 is 8.07 Å². The first-order valence-electron chi connectivity index (χ1n) is 3.87. The SMILES string of the molecule is C[Si](C)(C)c1ccc(Cl)c(Cl)c1. The Balaban J connectivity index is 3.14. The van der Waals surface area contributed by atoms with Crippen molar-refractivity contribution in [3.05, 3.63) is 28.2 Å². The van der Waals surface area contributed by atoms with Crippen LogP contribution in [0, 0.1) is 0 Å². The maximum Gasteiger partial charge on any atom is 0.0776 e. The Kier molecular flexibility index (Phi) is 2.87. The highest BCUT2D eigenvalue weighted by atomic mass is 35.5. The highest BCUT2D eigenvalue weighted by molar-refractivity contribution is 6.88. The van der Waals surface area contributed by atoms with Gasteiger partial charge in [-0.2, -0.15) is 0 Å². The summed E-state index contributed by atoms with van der Waals surface area (Å²) in [7, 11) is -1.23. The molecule has 0 saturated heterocycles. The molecule has 0 amide bonds. The Labute approximate surface area is 84.5 Å².